The number of methoxy groups -OCH3 is 2. The fourth-order valence-corrected chi connectivity index (χ4v) is 3.00. The molecule has 1 aliphatic rings. The molecule has 1 amide bonds. The van der Waals surface area contributed by atoms with Gasteiger partial charge in [-0.15, -0.1) is 0 Å². The van der Waals surface area contributed by atoms with Gasteiger partial charge in [-0.3, -0.25) is 4.79 Å². The van der Waals surface area contributed by atoms with Crippen LogP contribution >= 0.6 is 0 Å². The number of hydrogen-bond acceptors (Lipinski definition) is 5. The minimum Gasteiger partial charge on any atom is -0.493 e. The Morgan fingerprint density at radius 3 is 2.39 bits per heavy atom. The molecule has 23 heavy (non-hydrogen) atoms. The van der Waals surface area contributed by atoms with Crippen molar-refractivity contribution in [1.82, 2.24) is 10.1 Å². The van der Waals surface area contributed by atoms with Gasteiger partial charge < -0.3 is 18.9 Å². The summed E-state index contributed by atoms with van der Waals surface area (Å²) in [6, 6.07) is 3.94. The van der Waals surface area contributed by atoms with Crippen molar-refractivity contribution in [3.05, 3.63) is 40.3 Å². The van der Waals surface area contributed by atoms with Crippen molar-refractivity contribution >= 4 is 5.91 Å². The Morgan fingerprint density at radius 2 is 1.83 bits per heavy atom. The van der Waals surface area contributed by atoms with Crippen LogP contribution in [0.25, 0.3) is 0 Å². The first kappa shape index (κ1) is 15.4. The molecular formula is C17H20N2O4. The third-order valence-electron chi connectivity index (χ3n) is 4.25. The SMILES string of the molecule is COc1cc2c(cc1OC)CN(C(=O)c1c(C)noc1C)CC2. The number of fused-ring (bicyclic) bond motifs is 1. The Labute approximate surface area is 135 Å². The Morgan fingerprint density at radius 1 is 1.17 bits per heavy atom. The zero-order chi connectivity index (χ0) is 16.6. The van der Waals surface area contributed by atoms with Crippen molar-refractivity contribution in [2.45, 2.75) is 26.8 Å². The van der Waals surface area contributed by atoms with Crippen LogP contribution in [0.15, 0.2) is 16.7 Å². The van der Waals surface area contributed by atoms with E-state index in [0.717, 1.165) is 17.7 Å². The molecule has 0 unspecified atom stereocenters. The van der Waals surface area contributed by atoms with Gasteiger partial charge in [-0.25, -0.2) is 0 Å². The summed E-state index contributed by atoms with van der Waals surface area (Å²) < 4.78 is 15.8. The maximum Gasteiger partial charge on any atom is 0.259 e. The number of aryl methyl sites for hydroxylation is 2. The first-order valence-electron chi connectivity index (χ1n) is 7.51. The van der Waals surface area contributed by atoms with Crippen LogP contribution < -0.4 is 9.47 Å². The molecule has 2 heterocycles. The molecule has 0 saturated carbocycles. The van der Waals surface area contributed by atoms with E-state index < -0.39 is 0 Å². The monoisotopic (exact) mass is 316 g/mol. The molecule has 6 heteroatoms. The highest BCUT2D eigenvalue weighted by Gasteiger charge is 2.27. The summed E-state index contributed by atoms with van der Waals surface area (Å²) in [6.45, 7) is 4.75. The van der Waals surface area contributed by atoms with Gasteiger partial charge in [0.2, 0.25) is 0 Å². The molecule has 0 spiro atoms. The molecule has 1 aromatic heterocycles. The molecule has 6 nitrogen and oxygen atoms in total. The van der Waals surface area contributed by atoms with Crippen LogP contribution in [0.5, 0.6) is 11.5 Å². The quantitative estimate of drug-likeness (QED) is 0.870. The Kier molecular flexibility index (Phi) is 3.98. The van der Waals surface area contributed by atoms with Crippen LogP contribution in [0.2, 0.25) is 0 Å². The van der Waals surface area contributed by atoms with E-state index in [4.69, 9.17) is 14.0 Å². The molecule has 2 aromatic rings. The molecule has 0 N–H and O–H groups in total. The van der Waals surface area contributed by atoms with Gasteiger partial charge in [-0.05, 0) is 43.5 Å². The number of benzene rings is 1. The zero-order valence-corrected chi connectivity index (χ0v) is 13.8. The van der Waals surface area contributed by atoms with Gasteiger partial charge in [0, 0.05) is 13.1 Å². The fourth-order valence-electron chi connectivity index (χ4n) is 3.00. The van der Waals surface area contributed by atoms with Gasteiger partial charge in [0.1, 0.15) is 11.3 Å². The molecule has 0 fully saturated rings. The predicted molar refractivity (Wildman–Crippen MR) is 84.0 cm³/mol. The molecular weight excluding hydrogens is 296 g/mol. The third-order valence-corrected chi connectivity index (χ3v) is 4.25. The molecule has 1 aromatic carbocycles. The minimum absolute atomic E-state index is 0.0401. The molecule has 0 saturated heterocycles. The molecule has 0 radical (unpaired) electrons. The fraction of sp³-hybridized carbons (Fsp3) is 0.412. The maximum atomic E-state index is 12.8. The summed E-state index contributed by atoms with van der Waals surface area (Å²) >= 11 is 0. The summed E-state index contributed by atoms with van der Waals surface area (Å²) in [5.41, 5.74) is 3.46. The molecule has 3 rings (SSSR count). The van der Waals surface area contributed by atoms with Gasteiger partial charge >= 0.3 is 0 Å². The predicted octanol–water partition coefficient (Wildman–Crippen LogP) is 2.51. The summed E-state index contributed by atoms with van der Waals surface area (Å²) in [5.74, 6) is 1.92. The van der Waals surface area contributed by atoms with E-state index in [-0.39, 0.29) is 5.91 Å². The highest BCUT2D eigenvalue weighted by molar-refractivity contribution is 5.96. The molecule has 0 bridgehead atoms. The van der Waals surface area contributed by atoms with Crippen LogP contribution in [0.3, 0.4) is 0 Å². The van der Waals surface area contributed by atoms with E-state index in [9.17, 15) is 4.79 Å². The lowest BCUT2D eigenvalue weighted by Gasteiger charge is -2.29. The lowest BCUT2D eigenvalue weighted by Crippen LogP contribution is -2.36. The largest absolute Gasteiger partial charge is 0.493 e. The summed E-state index contributed by atoms with van der Waals surface area (Å²) in [7, 11) is 3.24. The first-order valence-corrected chi connectivity index (χ1v) is 7.51. The van der Waals surface area contributed by atoms with Crippen molar-refractivity contribution in [1.29, 1.82) is 0 Å². The average Bonchev–Trinajstić information content (AvgIpc) is 2.90. The van der Waals surface area contributed by atoms with Gasteiger partial charge in [-0.2, -0.15) is 0 Å². The summed E-state index contributed by atoms with van der Waals surface area (Å²) in [6.07, 6.45) is 0.783. The van der Waals surface area contributed by atoms with Crippen molar-refractivity contribution in [3.8, 4) is 11.5 Å². The van der Waals surface area contributed by atoms with Gasteiger partial charge in [-0.1, -0.05) is 5.16 Å². The molecule has 1 aliphatic heterocycles. The standard InChI is InChI=1S/C17H20N2O4/c1-10-16(11(2)23-18-10)17(20)19-6-5-12-7-14(21-3)15(22-4)8-13(12)9-19/h7-8H,5-6,9H2,1-4H3. The lowest BCUT2D eigenvalue weighted by molar-refractivity contribution is 0.0732. The number of carbonyl (C=O) groups is 1. The van der Waals surface area contributed by atoms with E-state index >= 15 is 0 Å². The van der Waals surface area contributed by atoms with E-state index in [2.05, 4.69) is 5.16 Å². The number of ether oxygens (including phenoxy) is 2. The number of amides is 1. The summed E-state index contributed by atoms with van der Waals surface area (Å²) in [4.78, 5) is 14.6. The second-order valence-corrected chi connectivity index (χ2v) is 5.65. The van der Waals surface area contributed by atoms with Gasteiger partial charge in [0.25, 0.3) is 5.91 Å². The van der Waals surface area contributed by atoms with Gasteiger partial charge in [0.05, 0.1) is 19.9 Å². The molecule has 0 aliphatic carbocycles. The number of hydrogen-bond donors (Lipinski definition) is 0. The normalized spacial score (nSPS) is 13.7. The van der Waals surface area contributed by atoms with Crippen molar-refractivity contribution in [3.63, 3.8) is 0 Å². The second kappa shape index (κ2) is 5.95. The number of nitrogens with zero attached hydrogens (tertiary/aromatic N) is 2. The number of aromatic nitrogens is 1. The number of carbonyl (C=O) groups excluding carboxylic acids is 1. The number of rotatable bonds is 3. The van der Waals surface area contributed by atoms with Crippen LogP contribution in [0.4, 0.5) is 0 Å². The lowest BCUT2D eigenvalue weighted by atomic mass is 9.98. The van der Waals surface area contributed by atoms with Crippen LogP contribution in [-0.4, -0.2) is 36.7 Å². The third kappa shape index (κ3) is 2.65. The zero-order valence-electron chi connectivity index (χ0n) is 13.8. The van der Waals surface area contributed by atoms with E-state index in [1.165, 1.54) is 5.56 Å². The average molecular weight is 316 g/mol. The molecule has 0 atom stereocenters. The Hall–Kier alpha value is -2.50. The Bertz CT molecular complexity index is 732. The minimum atomic E-state index is -0.0401. The van der Waals surface area contributed by atoms with Crippen molar-refractivity contribution < 1.29 is 18.8 Å². The van der Waals surface area contributed by atoms with Crippen molar-refractivity contribution in [2.75, 3.05) is 20.8 Å². The van der Waals surface area contributed by atoms with E-state index in [0.29, 0.717) is 35.9 Å². The second-order valence-electron chi connectivity index (χ2n) is 5.65. The topological polar surface area (TPSA) is 64.8 Å². The van der Waals surface area contributed by atoms with E-state index in [1.54, 1.807) is 28.1 Å². The van der Waals surface area contributed by atoms with Crippen LogP contribution in [-0.2, 0) is 13.0 Å². The maximum absolute atomic E-state index is 12.8. The molecule has 122 valence electrons. The van der Waals surface area contributed by atoms with Crippen LogP contribution in [0.1, 0.15) is 32.9 Å². The van der Waals surface area contributed by atoms with Crippen molar-refractivity contribution in [2.24, 2.45) is 0 Å². The highest BCUT2D eigenvalue weighted by atomic mass is 16.5. The smallest absolute Gasteiger partial charge is 0.259 e. The van der Waals surface area contributed by atoms with Gasteiger partial charge in [0.15, 0.2) is 11.5 Å². The summed E-state index contributed by atoms with van der Waals surface area (Å²) in [5, 5.41) is 3.87. The van der Waals surface area contributed by atoms with Crippen LogP contribution in [0, 0.1) is 13.8 Å². The Balaban J connectivity index is 1.89. The highest BCUT2D eigenvalue weighted by Crippen LogP contribution is 2.33. The first-order chi connectivity index (χ1) is 11.0. The van der Waals surface area contributed by atoms with E-state index in [1.807, 2.05) is 17.0 Å².